The molecule has 0 saturated carbocycles. The van der Waals surface area contributed by atoms with E-state index in [4.69, 9.17) is 5.73 Å². The molecule has 0 aromatic heterocycles. The van der Waals surface area contributed by atoms with E-state index in [2.05, 4.69) is 16.0 Å². The zero-order valence-corrected chi connectivity index (χ0v) is 17.9. The summed E-state index contributed by atoms with van der Waals surface area (Å²) in [6.45, 7) is 2.59. The predicted octanol–water partition coefficient (Wildman–Crippen LogP) is 0.704. The van der Waals surface area contributed by atoms with E-state index in [-0.39, 0.29) is 23.5 Å². The Morgan fingerprint density at radius 1 is 1.19 bits per heavy atom. The number of thioether (sulfide) groups is 1. The van der Waals surface area contributed by atoms with E-state index in [1.165, 1.54) is 17.3 Å². The number of carbonyl (C=O) groups is 3. The Morgan fingerprint density at radius 3 is 2.68 bits per heavy atom. The summed E-state index contributed by atoms with van der Waals surface area (Å²) in [6.07, 6.45) is 0.0707. The summed E-state index contributed by atoms with van der Waals surface area (Å²) in [7, 11) is 0. The molecule has 8 nitrogen and oxygen atoms in total. The van der Waals surface area contributed by atoms with E-state index < -0.39 is 17.7 Å². The molecule has 3 atom stereocenters. The highest BCUT2D eigenvalue weighted by Crippen LogP contribution is 2.28. The molecule has 1 fully saturated rings. The largest absolute Gasteiger partial charge is 0.338 e. The number of hydrogen-bond donors (Lipinski definition) is 4. The number of para-hydroxylation sites is 1. The van der Waals surface area contributed by atoms with Crippen molar-refractivity contribution in [1.82, 2.24) is 16.0 Å². The molecule has 0 aliphatic carbocycles. The molecule has 2 heterocycles. The standard InChI is InChI=1S/C22H25N5O3S/c1-13-6-8-15(9-7-13)20(29)24-18-19(23)25-22(26-21(18)30)31-12-17(28)27-11-10-14-4-2-3-5-16(14)27/h2-9,18-19,22,25H,10-12,23H2,1H3,(H,24,29)(H,26,30). The van der Waals surface area contributed by atoms with Crippen LogP contribution < -0.4 is 26.6 Å². The Hall–Kier alpha value is -2.88. The van der Waals surface area contributed by atoms with Gasteiger partial charge in [0.05, 0.1) is 11.9 Å². The molecular formula is C22H25N5O3S. The highest BCUT2D eigenvalue weighted by Gasteiger charge is 2.36. The second-order valence-electron chi connectivity index (χ2n) is 7.63. The minimum absolute atomic E-state index is 0.0191. The summed E-state index contributed by atoms with van der Waals surface area (Å²) in [5.74, 6) is -0.580. The van der Waals surface area contributed by atoms with Crippen molar-refractivity contribution >= 4 is 35.2 Å². The van der Waals surface area contributed by atoms with Crippen LogP contribution in [0.1, 0.15) is 21.5 Å². The molecule has 9 heteroatoms. The molecule has 162 valence electrons. The first kappa shape index (κ1) is 21.4. The molecule has 3 amide bonds. The lowest BCUT2D eigenvalue weighted by molar-refractivity contribution is -0.125. The highest BCUT2D eigenvalue weighted by molar-refractivity contribution is 8.00. The molecule has 2 aliphatic rings. The van der Waals surface area contributed by atoms with Gasteiger partial charge in [0.1, 0.15) is 11.5 Å². The van der Waals surface area contributed by atoms with Crippen LogP contribution in [-0.2, 0) is 16.0 Å². The van der Waals surface area contributed by atoms with Crippen molar-refractivity contribution in [2.24, 2.45) is 5.73 Å². The third kappa shape index (κ3) is 4.73. The molecule has 0 spiro atoms. The summed E-state index contributed by atoms with van der Waals surface area (Å²) in [5, 5.41) is 8.50. The average molecular weight is 440 g/mol. The van der Waals surface area contributed by atoms with Gasteiger partial charge in [-0.1, -0.05) is 35.9 Å². The van der Waals surface area contributed by atoms with E-state index in [1.54, 1.807) is 17.0 Å². The van der Waals surface area contributed by atoms with Crippen LogP contribution >= 0.6 is 11.8 Å². The number of carbonyl (C=O) groups excluding carboxylic acids is 3. The zero-order valence-electron chi connectivity index (χ0n) is 17.1. The van der Waals surface area contributed by atoms with Gasteiger partial charge in [0.15, 0.2) is 0 Å². The summed E-state index contributed by atoms with van der Waals surface area (Å²) >= 11 is 1.27. The van der Waals surface area contributed by atoms with Gasteiger partial charge in [-0.15, -0.1) is 11.8 Å². The Morgan fingerprint density at radius 2 is 1.94 bits per heavy atom. The molecule has 2 aromatic carbocycles. The minimum Gasteiger partial charge on any atom is -0.338 e. The van der Waals surface area contributed by atoms with Gasteiger partial charge in [0.25, 0.3) is 5.91 Å². The smallest absolute Gasteiger partial charge is 0.252 e. The molecule has 2 aliphatic heterocycles. The molecule has 0 radical (unpaired) electrons. The van der Waals surface area contributed by atoms with Gasteiger partial charge in [-0.3, -0.25) is 19.7 Å². The van der Waals surface area contributed by atoms with E-state index in [0.717, 1.165) is 17.7 Å². The highest BCUT2D eigenvalue weighted by atomic mass is 32.2. The van der Waals surface area contributed by atoms with Gasteiger partial charge in [0, 0.05) is 17.8 Å². The van der Waals surface area contributed by atoms with Crippen LogP contribution in [0, 0.1) is 6.92 Å². The maximum Gasteiger partial charge on any atom is 0.252 e. The van der Waals surface area contributed by atoms with Gasteiger partial charge in [-0.25, -0.2) is 0 Å². The monoisotopic (exact) mass is 439 g/mol. The number of benzene rings is 2. The van der Waals surface area contributed by atoms with Crippen LogP contribution in [0.5, 0.6) is 0 Å². The maximum atomic E-state index is 12.7. The summed E-state index contributed by atoms with van der Waals surface area (Å²) < 4.78 is 0. The number of anilines is 1. The first-order valence-corrected chi connectivity index (χ1v) is 11.2. The van der Waals surface area contributed by atoms with Gasteiger partial charge in [-0.05, 0) is 37.1 Å². The molecule has 31 heavy (non-hydrogen) atoms. The molecule has 2 aromatic rings. The number of nitrogens with two attached hydrogens (primary N) is 1. The number of amides is 3. The summed E-state index contributed by atoms with van der Waals surface area (Å²) in [5.41, 5.74) is 9.20. The molecule has 5 N–H and O–H groups in total. The second kappa shape index (κ2) is 9.09. The Kier molecular flexibility index (Phi) is 6.26. The SMILES string of the molecule is Cc1ccc(C(=O)NC2C(=O)NC(SCC(=O)N3CCc4ccccc43)NC2N)cc1. The van der Waals surface area contributed by atoms with Gasteiger partial charge >= 0.3 is 0 Å². The lowest BCUT2D eigenvalue weighted by atomic mass is 10.1. The van der Waals surface area contributed by atoms with Crippen molar-refractivity contribution in [3.8, 4) is 0 Å². The number of hydrogen-bond acceptors (Lipinski definition) is 6. The van der Waals surface area contributed by atoms with Gasteiger partial charge in [-0.2, -0.15) is 0 Å². The van der Waals surface area contributed by atoms with E-state index in [1.807, 2.05) is 43.3 Å². The number of nitrogens with one attached hydrogen (secondary N) is 3. The molecule has 0 bridgehead atoms. The summed E-state index contributed by atoms with van der Waals surface area (Å²) in [6, 6.07) is 14.0. The molecule has 3 unspecified atom stereocenters. The fourth-order valence-corrected chi connectivity index (χ4v) is 4.62. The third-order valence-electron chi connectivity index (χ3n) is 5.42. The van der Waals surface area contributed by atoms with Crippen LogP contribution in [0.2, 0.25) is 0 Å². The van der Waals surface area contributed by atoms with E-state index in [9.17, 15) is 14.4 Å². The molecular weight excluding hydrogens is 414 g/mol. The van der Waals surface area contributed by atoms with Crippen molar-refractivity contribution in [1.29, 1.82) is 0 Å². The van der Waals surface area contributed by atoms with Crippen LogP contribution in [0.15, 0.2) is 48.5 Å². The molecule has 4 rings (SSSR count). The van der Waals surface area contributed by atoms with Crippen LogP contribution in [-0.4, -0.2) is 47.7 Å². The number of rotatable bonds is 5. The Balaban J connectivity index is 1.30. The normalized spacial score (nSPS) is 22.6. The van der Waals surface area contributed by atoms with Crippen molar-refractivity contribution in [2.75, 3.05) is 17.2 Å². The van der Waals surface area contributed by atoms with Crippen molar-refractivity contribution in [3.05, 3.63) is 65.2 Å². The van der Waals surface area contributed by atoms with Crippen LogP contribution in [0.25, 0.3) is 0 Å². The van der Waals surface area contributed by atoms with E-state index >= 15 is 0 Å². The first-order chi connectivity index (χ1) is 14.9. The topological polar surface area (TPSA) is 117 Å². The van der Waals surface area contributed by atoms with Crippen molar-refractivity contribution in [2.45, 2.75) is 31.0 Å². The maximum absolute atomic E-state index is 12.7. The Labute approximate surface area is 184 Å². The van der Waals surface area contributed by atoms with Crippen LogP contribution in [0.3, 0.4) is 0 Å². The van der Waals surface area contributed by atoms with Gasteiger partial charge < -0.3 is 21.3 Å². The summed E-state index contributed by atoms with van der Waals surface area (Å²) in [4.78, 5) is 39.4. The number of fused-ring (bicyclic) bond motifs is 1. The fraction of sp³-hybridized carbons (Fsp3) is 0.318. The minimum atomic E-state index is -0.910. The predicted molar refractivity (Wildman–Crippen MR) is 120 cm³/mol. The zero-order chi connectivity index (χ0) is 22.0. The van der Waals surface area contributed by atoms with E-state index in [0.29, 0.717) is 12.1 Å². The molecule has 1 saturated heterocycles. The third-order valence-corrected chi connectivity index (χ3v) is 6.42. The van der Waals surface area contributed by atoms with Crippen LogP contribution in [0.4, 0.5) is 5.69 Å². The number of nitrogens with zero attached hydrogens (tertiary/aromatic N) is 1. The Bertz CT molecular complexity index is 997. The fourth-order valence-electron chi connectivity index (χ4n) is 3.70. The quantitative estimate of drug-likeness (QED) is 0.545. The van der Waals surface area contributed by atoms with Crippen molar-refractivity contribution < 1.29 is 14.4 Å². The average Bonchev–Trinajstić information content (AvgIpc) is 3.19. The number of aryl methyl sites for hydroxylation is 1. The second-order valence-corrected chi connectivity index (χ2v) is 8.73. The van der Waals surface area contributed by atoms with Crippen molar-refractivity contribution in [3.63, 3.8) is 0 Å². The van der Waals surface area contributed by atoms with Gasteiger partial charge in [0.2, 0.25) is 11.8 Å². The lowest BCUT2D eigenvalue weighted by Gasteiger charge is -2.35. The lowest BCUT2D eigenvalue weighted by Crippen LogP contribution is -2.70. The first-order valence-electron chi connectivity index (χ1n) is 10.1.